The molecule has 0 fully saturated rings. The van der Waals surface area contributed by atoms with Gasteiger partial charge in [0.1, 0.15) is 0 Å². The van der Waals surface area contributed by atoms with E-state index in [1.165, 1.54) is 5.57 Å². The Morgan fingerprint density at radius 1 is 0.818 bits per heavy atom. The van der Waals surface area contributed by atoms with Crippen molar-refractivity contribution >= 4 is 25.0 Å². The highest BCUT2D eigenvalue weighted by atomic mass is 28.4. The van der Waals surface area contributed by atoms with Crippen molar-refractivity contribution < 1.29 is 13.3 Å². The Morgan fingerprint density at radius 3 is 1.64 bits per heavy atom. The van der Waals surface area contributed by atoms with E-state index in [1.54, 1.807) is 0 Å². The summed E-state index contributed by atoms with van der Waals surface area (Å²) in [6, 6.07) is 0. The summed E-state index contributed by atoms with van der Waals surface area (Å²) in [5, 5.41) is 0.376. The van der Waals surface area contributed by atoms with Crippen LogP contribution in [0.1, 0.15) is 69.2 Å². The monoisotopic (exact) mass is 514 g/mol. The van der Waals surface area contributed by atoms with Crippen molar-refractivity contribution in [2.75, 3.05) is 6.61 Å². The van der Waals surface area contributed by atoms with Crippen molar-refractivity contribution in [3.05, 3.63) is 23.5 Å². The maximum absolute atomic E-state index is 7.06. The summed E-state index contributed by atoms with van der Waals surface area (Å²) in [4.78, 5) is 0. The lowest BCUT2D eigenvalue weighted by molar-refractivity contribution is 0.148. The van der Waals surface area contributed by atoms with E-state index in [1.807, 2.05) is 0 Å². The molecule has 0 aromatic heterocycles. The minimum absolute atomic E-state index is 0.00348. The lowest BCUT2D eigenvalue weighted by Gasteiger charge is -2.42. The molecule has 0 aliphatic carbocycles. The summed E-state index contributed by atoms with van der Waals surface area (Å²) in [5.74, 6) is 1.57. The van der Waals surface area contributed by atoms with Gasteiger partial charge in [-0.15, -0.1) is 0 Å². The quantitative estimate of drug-likeness (QED) is 0.156. The molecule has 0 unspecified atom stereocenters. The van der Waals surface area contributed by atoms with Crippen LogP contribution < -0.4 is 0 Å². The molecule has 0 aliphatic heterocycles. The molecule has 0 aromatic carbocycles. The normalized spacial score (nSPS) is 18.2. The van der Waals surface area contributed by atoms with Gasteiger partial charge in [0.05, 0.1) is 11.9 Å². The largest absolute Gasteiger partial charge is 0.547 e. The van der Waals surface area contributed by atoms with Crippen molar-refractivity contribution in [1.82, 2.24) is 0 Å². The number of hydrogen-bond acceptors (Lipinski definition) is 3. The topological polar surface area (TPSA) is 27.7 Å². The molecular formula is C27H58O3Si3. The Labute approximate surface area is 211 Å². The van der Waals surface area contributed by atoms with Crippen LogP contribution in [0.3, 0.4) is 0 Å². The molecule has 3 atom stereocenters. The summed E-state index contributed by atoms with van der Waals surface area (Å²) in [5.41, 5.74) is 1.29. The SMILES string of the molecule is C/C=C(/O[Si](C)(C)C)[C@H](C)[C@@H](O[Si](C)(C)C(C)(C)C)/C(C)=C/[C@H](C)CO[Si](C)(C)C(C)(C)C. The van der Waals surface area contributed by atoms with Crippen LogP contribution in [-0.4, -0.2) is 37.7 Å². The van der Waals surface area contributed by atoms with Crippen LogP contribution in [0.5, 0.6) is 0 Å². The van der Waals surface area contributed by atoms with Crippen LogP contribution in [0.2, 0.25) is 55.9 Å². The standard InChI is InChI=1S/C27H58O3Si3/c1-18-24(29-31(11,12)13)23(4)25(30-33(16,17)27(8,9)10)22(3)19-21(2)20-28-32(14,15)26(5,6)7/h18-19,21,23,25H,20H2,1-17H3/b22-19+,24-18+/t21-,23-,25-/m0/s1. The van der Waals surface area contributed by atoms with Crippen molar-refractivity contribution in [2.24, 2.45) is 11.8 Å². The second-order valence-electron chi connectivity index (χ2n) is 14.0. The second kappa shape index (κ2) is 11.7. The molecule has 196 valence electrons. The van der Waals surface area contributed by atoms with Gasteiger partial charge in [-0.2, -0.15) is 0 Å². The maximum atomic E-state index is 7.06. The summed E-state index contributed by atoms with van der Waals surface area (Å²) >= 11 is 0. The summed E-state index contributed by atoms with van der Waals surface area (Å²) in [6.45, 7) is 39.5. The van der Waals surface area contributed by atoms with Gasteiger partial charge < -0.3 is 13.3 Å². The molecule has 0 amide bonds. The van der Waals surface area contributed by atoms with Crippen molar-refractivity contribution in [1.29, 1.82) is 0 Å². The van der Waals surface area contributed by atoms with Gasteiger partial charge in [0.15, 0.2) is 16.6 Å². The Bertz CT molecular complexity index is 674. The van der Waals surface area contributed by atoms with Crippen LogP contribution in [-0.2, 0) is 13.3 Å². The first kappa shape index (κ1) is 32.9. The second-order valence-corrected chi connectivity index (χ2v) is 27.9. The molecule has 0 saturated carbocycles. The zero-order valence-electron chi connectivity index (χ0n) is 25.3. The lowest BCUT2D eigenvalue weighted by atomic mass is 9.94. The predicted molar refractivity (Wildman–Crippen MR) is 155 cm³/mol. The molecule has 0 aliphatic rings. The van der Waals surface area contributed by atoms with Gasteiger partial charge in [0, 0.05) is 12.5 Å². The van der Waals surface area contributed by atoms with E-state index in [9.17, 15) is 0 Å². The van der Waals surface area contributed by atoms with E-state index < -0.39 is 25.0 Å². The van der Waals surface area contributed by atoms with Gasteiger partial charge in [-0.1, -0.05) is 67.5 Å². The number of rotatable bonds is 11. The molecule has 0 rings (SSSR count). The predicted octanol–water partition coefficient (Wildman–Crippen LogP) is 9.37. The van der Waals surface area contributed by atoms with E-state index in [0.29, 0.717) is 5.92 Å². The van der Waals surface area contributed by atoms with Crippen molar-refractivity contribution in [2.45, 2.75) is 131 Å². The molecule has 0 aromatic rings. The third-order valence-corrected chi connectivity index (χ3v) is 17.2. The van der Waals surface area contributed by atoms with Crippen LogP contribution in [0, 0.1) is 11.8 Å². The van der Waals surface area contributed by atoms with Crippen LogP contribution in [0.25, 0.3) is 0 Å². The summed E-state index contributed by atoms with van der Waals surface area (Å²) in [6.07, 6.45) is 4.52. The van der Waals surface area contributed by atoms with Gasteiger partial charge in [-0.05, 0) is 81.2 Å². The zero-order valence-corrected chi connectivity index (χ0v) is 28.3. The number of hydrogen-bond donors (Lipinski definition) is 0. The van der Waals surface area contributed by atoms with E-state index in [0.717, 1.165) is 12.4 Å². The van der Waals surface area contributed by atoms with Gasteiger partial charge >= 0.3 is 0 Å². The molecule has 0 spiro atoms. The van der Waals surface area contributed by atoms with Gasteiger partial charge in [0.25, 0.3) is 0 Å². The van der Waals surface area contributed by atoms with E-state index in [4.69, 9.17) is 13.3 Å². The molecule has 6 heteroatoms. The molecule has 0 heterocycles. The van der Waals surface area contributed by atoms with Gasteiger partial charge in [-0.3, -0.25) is 0 Å². The smallest absolute Gasteiger partial charge is 0.241 e. The lowest BCUT2D eigenvalue weighted by Crippen LogP contribution is -2.46. The first-order valence-electron chi connectivity index (χ1n) is 12.8. The Hall–Kier alpha value is -0.149. The molecule has 0 bridgehead atoms. The fourth-order valence-corrected chi connectivity index (χ4v) is 6.65. The van der Waals surface area contributed by atoms with E-state index in [2.05, 4.69) is 127 Å². The van der Waals surface area contributed by atoms with Gasteiger partial charge in [-0.25, -0.2) is 0 Å². The average Bonchev–Trinajstić information content (AvgIpc) is 2.59. The minimum atomic E-state index is -1.97. The average molecular weight is 515 g/mol. The fraction of sp³-hybridized carbons (Fsp3) is 0.852. The third kappa shape index (κ3) is 10.6. The maximum Gasteiger partial charge on any atom is 0.241 e. The van der Waals surface area contributed by atoms with E-state index in [-0.39, 0.29) is 22.1 Å². The van der Waals surface area contributed by atoms with Crippen molar-refractivity contribution in [3.8, 4) is 0 Å². The molecule has 0 saturated heterocycles. The third-order valence-electron chi connectivity index (χ3n) is 7.35. The first-order valence-corrected chi connectivity index (χ1v) is 22.0. The number of allylic oxidation sites excluding steroid dienone is 1. The van der Waals surface area contributed by atoms with Crippen LogP contribution in [0.4, 0.5) is 0 Å². The zero-order chi connectivity index (χ0) is 26.6. The molecular weight excluding hydrogens is 457 g/mol. The van der Waals surface area contributed by atoms with Crippen LogP contribution >= 0.6 is 0 Å². The highest BCUT2D eigenvalue weighted by molar-refractivity contribution is 6.74. The first-order chi connectivity index (χ1) is 14.4. The molecule has 0 radical (unpaired) electrons. The fourth-order valence-electron chi connectivity index (χ4n) is 3.15. The van der Waals surface area contributed by atoms with Gasteiger partial charge in [0.2, 0.25) is 8.32 Å². The van der Waals surface area contributed by atoms with E-state index >= 15 is 0 Å². The Kier molecular flexibility index (Phi) is 11.7. The Balaban J connectivity index is 5.97. The Morgan fingerprint density at radius 2 is 1.27 bits per heavy atom. The highest BCUT2D eigenvalue weighted by Gasteiger charge is 2.42. The molecule has 3 nitrogen and oxygen atoms in total. The molecule has 0 N–H and O–H groups in total. The summed E-state index contributed by atoms with van der Waals surface area (Å²) in [7, 11) is -5.44. The van der Waals surface area contributed by atoms with Crippen molar-refractivity contribution in [3.63, 3.8) is 0 Å². The minimum Gasteiger partial charge on any atom is -0.547 e. The van der Waals surface area contributed by atoms with Crippen LogP contribution in [0.15, 0.2) is 23.5 Å². The summed E-state index contributed by atoms with van der Waals surface area (Å²) < 4.78 is 20.1. The highest BCUT2D eigenvalue weighted by Crippen LogP contribution is 2.41. The molecule has 33 heavy (non-hydrogen) atoms.